The number of ether oxygens (including phenoxy) is 2. The van der Waals surface area contributed by atoms with Crippen LogP contribution in [-0.4, -0.2) is 17.4 Å². The van der Waals surface area contributed by atoms with Gasteiger partial charge in [-0.25, -0.2) is 4.98 Å². The number of fused-ring (bicyclic) bond motifs is 7. The van der Waals surface area contributed by atoms with Crippen LogP contribution in [0.3, 0.4) is 0 Å². The summed E-state index contributed by atoms with van der Waals surface area (Å²) in [5, 5.41) is 0. The number of anilines is 5. The highest BCUT2D eigenvalue weighted by atomic mass is 16.5. The number of amidine groups is 1. The number of dihydropyridines is 1. The zero-order chi connectivity index (χ0) is 28.7. The lowest BCUT2D eigenvalue weighted by atomic mass is 9.80. The van der Waals surface area contributed by atoms with Crippen LogP contribution in [0.5, 0.6) is 23.0 Å². The number of pyridine rings is 1. The molecule has 4 aliphatic rings. The van der Waals surface area contributed by atoms with E-state index in [4.69, 9.17) is 19.5 Å². The molecule has 0 radical (unpaired) electrons. The first kappa shape index (κ1) is 24.3. The first-order chi connectivity index (χ1) is 21.1. The molecule has 1 unspecified atom stereocenters. The molecule has 0 bridgehead atoms. The third kappa shape index (κ3) is 3.47. The third-order valence-electron chi connectivity index (χ3n) is 9.11. The summed E-state index contributed by atoms with van der Waals surface area (Å²) in [6, 6.07) is 34.9. The Bertz CT molecular complexity index is 1940. The second kappa shape index (κ2) is 8.82. The summed E-state index contributed by atoms with van der Waals surface area (Å²) >= 11 is 0. The van der Waals surface area contributed by atoms with Crippen molar-refractivity contribution in [1.29, 1.82) is 0 Å². The Morgan fingerprint density at radius 1 is 0.674 bits per heavy atom. The molecule has 0 fully saturated rings. The highest BCUT2D eigenvalue weighted by Gasteiger charge is 2.45. The quantitative estimate of drug-likeness (QED) is 0.201. The molecule has 0 amide bonds. The van der Waals surface area contributed by atoms with Gasteiger partial charge in [-0.05, 0) is 77.4 Å². The van der Waals surface area contributed by atoms with Crippen molar-refractivity contribution >= 4 is 34.4 Å². The number of para-hydroxylation sites is 8. The summed E-state index contributed by atoms with van der Waals surface area (Å²) in [4.78, 5) is 14.7. The van der Waals surface area contributed by atoms with E-state index in [9.17, 15) is 0 Å². The van der Waals surface area contributed by atoms with Gasteiger partial charge in [-0.3, -0.25) is 14.8 Å². The molecule has 0 saturated heterocycles. The van der Waals surface area contributed by atoms with Crippen molar-refractivity contribution in [2.24, 2.45) is 4.99 Å². The summed E-state index contributed by atoms with van der Waals surface area (Å²) < 4.78 is 12.5. The minimum absolute atomic E-state index is 0.186. The smallest absolute Gasteiger partial charge is 0.151 e. The average molecular weight is 561 g/mol. The van der Waals surface area contributed by atoms with Gasteiger partial charge in [-0.15, -0.1) is 0 Å². The van der Waals surface area contributed by atoms with Crippen LogP contribution in [0.15, 0.2) is 126 Å². The molecule has 0 N–H and O–H groups in total. The number of aromatic nitrogens is 1. The van der Waals surface area contributed by atoms with E-state index < -0.39 is 0 Å². The molecule has 1 aromatic heterocycles. The van der Waals surface area contributed by atoms with Crippen molar-refractivity contribution < 1.29 is 9.47 Å². The first-order valence-electron chi connectivity index (χ1n) is 14.7. The minimum Gasteiger partial charge on any atom is -0.453 e. The fourth-order valence-electron chi connectivity index (χ4n) is 7.04. The molecular formula is C37H28N4O2. The lowest BCUT2D eigenvalue weighted by molar-refractivity contribution is 0.476. The van der Waals surface area contributed by atoms with Gasteiger partial charge in [-0.2, -0.15) is 0 Å². The first-order valence-corrected chi connectivity index (χ1v) is 14.7. The summed E-state index contributed by atoms with van der Waals surface area (Å²) in [5.41, 5.74) is 7.64. The molecule has 43 heavy (non-hydrogen) atoms. The Kier molecular flexibility index (Phi) is 4.98. The predicted molar refractivity (Wildman–Crippen MR) is 170 cm³/mol. The predicted octanol–water partition coefficient (Wildman–Crippen LogP) is 9.31. The van der Waals surface area contributed by atoms with Crippen LogP contribution < -0.4 is 19.3 Å². The van der Waals surface area contributed by atoms with Crippen molar-refractivity contribution in [1.82, 2.24) is 4.98 Å². The van der Waals surface area contributed by atoms with Crippen LogP contribution >= 0.6 is 0 Å². The number of rotatable bonds is 1. The number of hydrogen-bond acceptors (Lipinski definition) is 6. The van der Waals surface area contributed by atoms with Crippen LogP contribution in [0, 0.1) is 0 Å². The van der Waals surface area contributed by atoms with E-state index in [2.05, 4.69) is 66.3 Å². The highest BCUT2D eigenvalue weighted by molar-refractivity contribution is 6.14. The molecule has 9 rings (SSSR count). The standard InChI is InChI=1S/C37H28N4O2/c1-37(2)25-19-35(40-27-11-3-7-15-31(27)42-32-16-8-4-12-28(32)40)38-21-23(25)24-22-39-36(20-26(24)37)41-29-13-5-9-17-33(29)43-34-18-10-6-14-30(34)41/h3-21,24H,22H2,1-2H3. The Morgan fingerprint density at radius 2 is 1.16 bits per heavy atom. The topological polar surface area (TPSA) is 50.2 Å². The van der Waals surface area contributed by atoms with E-state index in [0.29, 0.717) is 6.54 Å². The number of hydrogen-bond donors (Lipinski definition) is 0. The largest absolute Gasteiger partial charge is 0.453 e. The zero-order valence-corrected chi connectivity index (χ0v) is 23.9. The van der Waals surface area contributed by atoms with Gasteiger partial charge in [-0.1, -0.05) is 62.4 Å². The maximum Gasteiger partial charge on any atom is 0.151 e. The van der Waals surface area contributed by atoms with Gasteiger partial charge >= 0.3 is 0 Å². The summed E-state index contributed by atoms with van der Waals surface area (Å²) in [6.07, 6.45) is 4.37. The summed E-state index contributed by atoms with van der Waals surface area (Å²) in [5.74, 6) is 5.31. The van der Waals surface area contributed by atoms with Crippen molar-refractivity contribution in [3.8, 4) is 23.0 Å². The minimum atomic E-state index is -0.213. The molecule has 1 aliphatic carbocycles. The van der Waals surface area contributed by atoms with E-state index in [-0.39, 0.29) is 11.3 Å². The lowest BCUT2D eigenvalue weighted by Crippen LogP contribution is -2.32. The van der Waals surface area contributed by atoms with Gasteiger partial charge < -0.3 is 9.47 Å². The van der Waals surface area contributed by atoms with Crippen LogP contribution in [0.25, 0.3) is 0 Å². The van der Waals surface area contributed by atoms with E-state index >= 15 is 0 Å². The van der Waals surface area contributed by atoms with E-state index in [0.717, 1.165) is 57.4 Å². The van der Waals surface area contributed by atoms with Crippen molar-refractivity contribution in [2.45, 2.75) is 25.2 Å². The zero-order valence-electron chi connectivity index (χ0n) is 23.9. The van der Waals surface area contributed by atoms with Crippen molar-refractivity contribution in [3.63, 3.8) is 0 Å². The molecule has 1 atom stereocenters. The van der Waals surface area contributed by atoms with E-state index in [1.807, 2.05) is 72.8 Å². The molecular weight excluding hydrogens is 532 g/mol. The maximum absolute atomic E-state index is 6.26. The maximum atomic E-state index is 6.26. The Morgan fingerprint density at radius 3 is 1.70 bits per heavy atom. The van der Waals surface area contributed by atoms with Crippen LogP contribution in [0.1, 0.15) is 30.9 Å². The van der Waals surface area contributed by atoms with Gasteiger partial charge in [0.15, 0.2) is 23.0 Å². The fraction of sp³-hybridized carbons (Fsp3) is 0.135. The second-order valence-corrected chi connectivity index (χ2v) is 11.9. The Labute approximate surface area is 250 Å². The SMILES string of the molecule is CC1(C)C2=CC(N3c4ccccc4Oc4ccccc43)=NCC2c2cnc(N3c4ccccc4Oc4ccccc43)cc21. The highest BCUT2D eigenvalue weighted by Crippen LogP contribution is 2.55. The van der Waals surface area contributed by atoms with Gasteiger partial charge in [0.05, 0.1) is 29.3 Å². The number of aliphatic imine (C=N–C) groups is 1. The van der Waals surface area contributed by atoms with Gasteiger partial charge in [0.25, 0.3) is 0 Å². The fourth-order valence-corrected chi connectivity index (χ4v) is 7.04. The average Bonchev–Trinajstić information content (AvgIpc) is 3.27. The van der Waals surface area contributed by atoms with Gasteiger partial charge in [0, 0.05) is 17.5 Å². The summed E-state index contributed by atoms with van der Waals surface area (Å²) in [6.45, 7) is 5.32. The molecule has 0 saturated carbocycles. The molecule has 6 heteroatoms. The molecule has 4 heterocycles. The normalized spacial score (nSPS) is 18.4. The third-order valence-corrected chi connectivity index (χ3v) is 9.11. The second-order valence-electron chi connectivity index (χ2n) is 11.9. The lowest BCUT2D eigenvalue weighted by Gasteiger charge is -2.35. The van der Waals surface area contributed by atoms with E-state index in [1.54, 1.807) is 0 Å². The Hall–Kier alpha value is -5.36. The molecule has 3 aliphatic heterocycles. The van der Waals surface area contributed by atoms with Gasteiger partial charge in [0.1, 0.15) is 11.7 Å². The number of nitrogens with zero attached hydrogens (tertiary/aromatic N) is 4. The monoisotopic (exact) mass is 560 g/mol. The van der Waals surface area contributed by atoms with Crippen LogP contribution in [0.4, 0.5) is 28.6 Å². The molecule has 208 valence electrons. The van der Waals surface area contributed by atoms with Crippen molar-refractivity contribution in [3.05, 3.63) is 132 Å². The van der Waals surface area contributed by atoms with Crippen molar-refractivity contribution in [2.75, 3.05) is 16.3 Å². The van der Waals surface area contributed by atoms with Crippen LogP contribution in [-0.2, 0) is 5.41 Å². The molecule has 0 spiro atoms. The van der Waals surface area contributed by atoms with Crippen LogP contribution in [0.2, 0.25) is 0 Å². The molecule has 5 aromatic rings. The van der Waals surface area contributed by atoms with Gasteiger partial charge in [0.2, 0.25) is 0 Å². The van der Waals surface area contributed by atoms with E-state index in [1.165, 1.54) is 16.7 Å². The molecule has 4 aromatic carbocycles. The molecule has 6 nitrogen and oxygen atoms in total. The summed E-state index contributed by atoms with van der Waals surface area (Å²) in [7, 11) is 0. The Balaban J connectivity index is 1.15. The number of benzene rings is 4.